The zero-order valence-corrected chi connectivity index (χ0v) is 13.3. The van der Waals surface area contributed by atoms with Crippen LogP contribution in [0.5, 0.6) is 0 Å². The summed E-state index contributed by atoms with van der Waals surface area (Å²) >= 11 is 0. The topological polar surface area (TPSA) is 38.8 Å². The van der Waals surface area contributed by atoms with Crippen LogP contribution in [0, 0.1) is 0 Å². The Morgan fingerprint density at radius 3 is 2.45 bits per heavy atom. The average Bonchev–Trinajstić information content (AvgIpc) is 2.49. The van der Waals surface area contributed by atoms with Crippen LogP contribution >= 0.6 is 0 Å². The minimum Gasteiger partial charge on any atom is -0.465 e. The number of hydrogen-bond donors (Lipinski definition) is 0. The van der Waals surface area contributed by atoms with Crippen molar-refractivity contribution in [3.63, 3.8) is 0 Å². The highest BCUT2D eigenvalue weighted by Crippen LogP contribution is 2.44. The van der Waals surface area contributed by atoms with Crippen LogP contribution in [-0.4, -0.2) is 43.8 Å². The van der Waals surface area contributed by atoms with Crippen LogP contribution in [0.15, 0.2) is 24.3 Å². The number of hydrogen-bond acceptors (Lipinski definition) is 4. The lowest BCUT2D eigenvalue weighted by Gasteiger charge is -2.39. The normalized spacial score (nSPS) is 21.1. The fourth-order valence-corrected chi connectivity index (χ4v) is 3.36. The van der Waals surface area contributed by atoms with E-state index in [4.69, 9.17) is 9.47 Å². The predicted molar refractivity (Wildman–Crippen MR) is 84.7 cm³/mol. The van der Waals surface area contributed by atoms with Gasteiger partial charge in [0.25, 0.3) is 0 Å². The van der Waals surface area contributed by atoms with Crippen LogP contribution in [0.2, 0.25) is 0 Å². The largest absolute Gasteiger partial charge is 0.465 e. The van der Waals surface area contributed by atoms with Crippen LogP contribution in [0.25, 0.3) is 0 Å². The molecule has 22 heavy (non-hydrogen) atoms. The molecule has 3 rings (SSSR count). The van der Waals surface area contributed by atoms with Gasteiger partial charge < -0.3 is 9.47 Å². The van der Waals surface area contributed by atoms with Gasteiger partial charge in [0, 0.05) is 19.6 Å². The van der Waals surface area contributed by atoms with Crippen molar-refractivity contribution in [3.05, 3.63) is 35.4 Å². The maximum Gasteiger partial charge on any atom is 0.316 e. The van der Waals surface area contributed by atoms with Crippen LogP contribution < -0.4 is 0 Å². The second kappa shape index (κ2) is 6.80. The average molecular weight is 303 g/mol. The lowest BCUT2D eigenvalue weighted by Crippen LogP contribution is -2.43. The third-order valence-electron chi connectivity index (χ3n) is 4.89. The first-order valence-corrected chi connectivity index (χ1v) is 8.31. The molecular formula is C18H25NO3. The molecule has 0 radical (unpaired) electrons. The Bertz CT molecular complexity index is 502. The van der Waals surface area contributed by atoms with Crippen LogP contribution in [-0.2, 0) is 26.2 Å². The number of esters is 1. The molecule has 0 unspecified atom stereocenters. The highest BCUT2D eigenvalue weighted by atomic mass is 16.5. The highest BCUT2D eigenvalue weighted by molar-refractivity contribution is 5.84. The van der Waals surface area contributed by atoms with Gasteiger partial charge in [-0.2, -0.15) is 0 Å². The van der Waals surface area contributed by atoms with Gasteiger partial charge >= 0.3 is 5.97 Å². The summed E-state index contributed by atoms with van der Waals surface area (Å²) in [5.41, 5.74) is 2.03. The summed E-state index contributed by atoms with van der Waals surface area (Å²) in [6.45, 7) is 6.92. The molecule has 1 saturated carbocycles. The summed E-state index contributed by atoms with van der Waals surface area (Å²) in [6, 6.07) is 8.55. The number of benzene rings is 1. The van der Waals surface area contributed by atoms with Gasteiger partial charge in [0.05, 0.1) is 25.2 Å². The minimum absolute atomic E-state index is 0.0535. The molecule has 0 amide bonds. The standard InChI is InChI=1S/C18H25NO3/c1-2-22-17(20)18(8-3-9-18)16-6-4-15(5-7-16)14-19-10-12-21-13-11-19/h4-7H,2-3,8-14H2,1H3. The van der Waals surface area contributed by atoms with E-state index >= 15 is 0 Å². The van der Waals surface area contributed by atoms with Crippen molar-refractivity contribution in [1.82, 2.24) is 4.90 Å². The quantitative estimate of drug-likeness (QED) is 0.784. The Hall–Kier alpha value is -1.39. The monoisotopic (exact) mass is 303 g/mol. The Morgan fingerprint density at radius 1 is 1.23 bits per heavy atom. The maximum absolute atomic E-state index is 12.3. The number of carbonyl (C=O) groups is 1. The van der Waals surface area contributed by atoms with E-state index in [1.54, 1.807) is 0 Å². The fraction of sp³-hybridized carbons (Fsp3) is 0.611. The zero-order chi connectivity index (χ0) is 15.4. The molecule has 1 aromatic carbocycles. The summed E-state index contributed by atoms with van der Waals surface area (Å²) in [4.78, 5) is 14.7. The molecule has 1 aliphatic heterocycles. The molecule has 4 nitrogen and oxygen atoms in total. The van der Waals surface area contributed by atoms with Gasteiger partial charge in [-0.25, -0.2) is 0 Å². The Labute approximate surface area is 132 Å². The van der Waals surface area contributed by atoms with Crippen LogP contribution in [0.3, 0.4) is 0 Å². The summed E-state index contributed by atoms with van der Waals surface area (Å²) in [5.74, 6) is -0.0535. The van der Waals surface area contributed by atoms with E-state index in [2.05, 4.69) is 29.2 Å². The number of morpholine rings is 1. The first-order valence-electron chi connectivity index (χ1n) is 8.31. The van der Waals surface area contributed by atoms with Crippen molar-refractivity contribution < 1.29 is 14.3 Å². The molecule has 4 heteroatoms. The van der Waals surface area contributed by atoms with Crippen LogP contribution in [0.1, 0.15) is 37.3 Å². The first kappa shape index (κ1) is 15.5. The second-order valence-corrected chi connectivity index (χ2v) is 6.24. The molecule has 1 saturated heterocycles. The number of rotatable bonds is 5. The summed E-state index contributed by atoms with van der Waals surface area (Å²) in [6.07, 6.45) is 2.93. The minimum atomic E-state index is -0.381. The molecule has 0 atom stereocenters. The lowest BCUT2D eigenvalue weighted by atomic mass is 9.64. The van der Waals surface area contributed by atoms with E-state index in [0.717, 1.165) is 57.7 Å². The first-order chi connectivity index (χ1) is 10.7. The molecule has 1 heterocycles. The van der Waals surface area contributed by atoms with E-state index in [1.165, 1.54) is 5.56 Å². The van der Waals surface area contributed by atoms with Gasteiger partial charge in [-0.1, -0.05) is 30.7 Å². The summed E-state index contributed by atoms with van der Waals surface area (Å²) in [5, 5.41) is 0. The molecule has 2 aliphatic rings. The number of nitrogens with zero attached hydrogens (tertiary/aromatic N) is 1. The van der Waals surface area contributed by atoms with Crippen molar-refractivity contribution in [3.8, 4) is 0 Å². The van der Waals surface area contributed by atoms with Gasteiger partial charge in [-0.05, 0) is 30.9 Å². The third kappa shape index (κ3) is 3.03. The van der Waals surface area contributed by atoms with Gasteiger partial charge in [-0.15, -0.1) is 0 Å². The van der Waals surface area contributed by atoms with E-state index in [9.17, 15) is 4.79 Å². The van der Waals surface area contributed by atoms with E-state index in [1.807, 2.05) is 6.92 Å². The Morgan fingerprint density at radius 2 is 1.91 bits per heavy atom. The van der Waals surface area contributed by atoms with Gasteiger partial charge in [0.15, 0.2) is 0 Å². The Kier molecular flexibility index (Phi) is 4.79. The molecule has 2 fully saturated rings. The summed E-state index contributed by atoms with van der Waals surface area (Å²) < 4.78 is 10.7. The molecule has 1 aromatic rings. The molecule has 120 valence electrons. The Balaban J connectivity index is 1.68. The van der Waals surface area contributed by atoms with Crippen molar-refractivity contribution in [2.75, 3.05) is 32.9 Å². The molecule has 0 aromatic heterocycles. The highest BCUT2D eigenvalue weighted by Gasteiger charge is 2.46. The number of carbonyl (C=O) groups excluding carboxylic acids is 1. The second-order valence-electron chi connectivity index (χ2n) is 6.24. The molecular weight excluding hydrogens is 278 g/mol. The fourth-order valence-electron chi connectivity index (χ4n) is 3.36. The molecule has 0 N–H and O–H groups in total. The SMILES string of the molecule is CCOC(=O)C1(c2ccc(CN3CCOCC3)cc2)CCC1. The van der Waals surface area contributed by atoms with Crippen LogP contribution in [0.4, 0.5) is 0 Å². The van der Waals surface area contributed by atoms with E-state index in [-0.39, 0.29) is 11.4 Å². The molecule has 1 aliphatic carbocycles. The van der Waals surface area contributed by atoms with Gasteiger partial charge in [0.1, 0.15) is 0 Å². The summed E-state index contributed by atoms with van der Waals surface area (Å²) in [7, 11) is 0. The van der Waals surface area contributed by atoms with Gasteiger partial charge in [0.2, 0.25) is 0 Å². The van der Waals surface area contributed by atoms with Crippen molar-refractivity contribution in [2.45, 2.75) is 38.1 Å². The van der Waals surface area contributed by atoms with Crippen molar-refractivity contribution >= 4 is 5.97 Å². The predicted octanol–water partition coefficient (Wildman–Crippen LogP) is 2.50. The third-order valence-corrected chi connectivity index (χ3v) is 4.89. The van der Waals surface area contributed by atoms with Crippen molar-refractivity contribution in [1.29, 1.82) is 0 Å². The van der Waals surface area contributed by atoms with Gasteiger partial charge in [-0.3, -0.25) is 9.69 Å². The maximum atomic E-state index is 12.3. The molecule has 0 spiro atoms. The van der Waals surface area contributed by atoms with Crippen molar-refractivity contribution in [2.24, 2.45) is 0 Å². The van der Waals surface area contributed by atoms with E-state index < -0.39 is 0 Å². The smallest absolute Gasteiger partial charge is 0.316 e. The van der Waals surface area contributed by atoms with E-state index in [0.29, 0.717) is 6.61 Å². The lowest BCUT2D eigenvalue weighted by molar-refractivity contribution is -0.153. The number of ether oxygens (including phenoxy) is 2. The zero-order valence-electron chi connectivity index (χ0n) is 13.3. The molecule has 0 bridgehead atoms.